The van der Waals surface area contributed by atoms with Crippen molar-refractivity contribution < 1.29 is 22.2 Å². The Hall–Kier alpha value is -1.86. The second kappa shape index (κ2) is 9.95. The van der Waals surface area contributed by atoms with Gasteiger partial charge in [-0.1, -0.05) is 42.5 Å². The van der Waals surface area contributed by atoms with Crippen LogP contribution in [0.25, 0.3) is 6.08 Å². The van der Waals surface area contributed by atoms with Crippen molar-refractivity contribution >= 4 is 6.08 Å². The van der Waals surface area contributed by atoms with Crippen molar-refractivity contribution in [2.24, 2.45) is 0 Å². The van der Waals surface area contributed by atoms with Gasteiger partial charge in [0, 0.05) is 0 Å². The topological polar surface area (TPSA) is 20.2 Å². The molecule has 0 aliphatic carbocycles. The van der Waals surface area contributed by atoms with Gasteiger partial charge in [-0.2, -0.15) is 30.3 Å². The number of rotatable bonds is 3. The molecule has 0 amide bonds. The standard InChI is InChI=1S/C14H13O.C5H5.Fe/c15-14(13-8-4-5-9-13)11-10-12-6-2-1-3-7-12;1-2-4-5-3-1;/h1-11,14-15H;1-5H;/q2*-1;+2. The van der Waals surface area contributed by atoms with Crippen molar-refractivity contribution in [3.8, 4) is 0 Å². The van der Waals surface area contributed by atoms with E-state index in [0.717, 1.165) is 11.1 Å². The number of hydrogen-bond acceptors (Lipinski definition) is 1. The Kier molecular flexibility index (Phi) is 8.15. The van der Waals surface area contributed by atoms with Gasteiger partial charge >= 0.3 is 17.1 Å². The normalized spacial score (nSPS) is 11.3. The average Bonchev–Trinajstić information content (AvgIpc) is 3.20. The van der Waals surface area contributed by atoms with Crippen LogP contribution in [-0.4, -0.2) is 5.11 Å². The zero-order valence-corrected chi connectivity index (χ0v) is 12.7. The fourth-order valence-corrected chi connectivity index (χ4v) is 1.78. The third-order valence-corrected chi connectivity index (χ3v) is 2.86. The molecule has 2 heteroatoms. The van der Waals surface area contributed by atoms with E-state index in [-0.39, 0.29) is 17.1 Å². The molecule has 3 rings (SSSR count). The van der Waals surface area contributed by atoms with Crippen LogP contribution in [0.15, 0.2) is 91.0 Å². The molecule has 0 aliphatic rings. The van der Waals surface area contributed by atoms with E-state index in [1.54, 1.807) is 6.08 Å². The largest absolute Gasteiger partial charge is 2.00 e. The smallest absolute Gasteiger partial charge is 0.397 e. The molecule has 0 aromatic heterocycles. The van der Waals surface area contributed by atoms with Gasteiger partial charge in [-0.15, -0.1) is 5.56 Å². The Labute approximate surface area is 136 Å². The molecule has 1 atom stereocenters. The molecule has 0 radical (unpaired) electrons. The molecule has 0 spiro atoms. The summed E-state index contributed by atoms with van der Waals surface area (Å²) < 4.78 is 0. The summed E-state index contributed by atoms with van der Waals surface area (Å²) in [5.41, 5.74) is 2.03. The van der Waals surface area contributed by atoms with Gasteiger partial charge < -0.3 is 5.11 Å². The van der Waals surface area contributed by atoms with Crippen LogP contribution in [0, 0.1) is 0 Å². The van der Waals surface area contributed by atoms with E-state index in [1.807, 2.05) is 91.0 Å². The van der Waals surface area contributed by atoms with E-state index in [2.05, 4.69) is 0 Å². The summed E-state index contributed by atoms with van der Waals surface area (Å²) in [5, 5.41) is 9.78. The third kappa shape index (κ3) is 6.42. The molecule has 1 unspecified atom stereocenters. The monoisotopic (exact) mass is 318 g/mol. The van der Waals surface area contributed by atoms with Gasteiger partial charge in [-0.25, -0.2) is 24.3 Å². The van der Waals surface area contributed by atoms with E-state index in [9.17, 15) is 5.11 Å². The van der Waals surface area contributed by atoms with Crippen LogP contribution in [0.3, 0.4) is 0 Å². The van der Waals surface area contributed by atoms with Crippen LogP contribution in [-0.2, 0) is 17.1 Å². The first-order valence-electron chi connectivity index (χ1n) is 6.66. The van der Waals surface area contributed by atoms with Crippen molar-refractivity contribution in [1.82, 2.24) is 0 Å². The first kappa shape index (κ1) is 17.2. The zero-order valence-electron chi connectivity index (χ0n) is 11.6. The molecular formula is C19H18FeO. The summed E-state index contributed by atoms with van der Waals surface area (Å²) in [4.78, 5) is 0. The molecule has 3 aromatic carbocycles. The number of aliphatic hydroxyl groups is 1. The maximum atomic E-state index is 9.78. The van der Waals surface area contributed by atoms with E-state index < -0.39 is 6.10 Å². The first-order chi connectivity index (χ1) is 9.86. The van der Waals surface area contributed by atoms with Gasteiger partial charge in [0.05, 0.1) is 6.10 Å². The summed E-state index contributed by atoms with van der Waals surface area (Å²) in [6.07, 6.45) is 3.21. The average molecular weight is 318 g/mol. The minimum atomic E-state index is -0.514. The van der Waals surface area contributed by atoms with Gasteiger partial charge in [-0.3, -0.25) is 0 Å². The molecule has 1 nitrogen and oxygen atoms in total. The molecule has 0 aliphatic heterocycles. The van der Waals surface area contributed by atoms with Crippen molar-refractivity contribution in [3.63, 3.8) is 0 Å². The fourth-order valence-electron chi connectivity index (χ4n) is 1.78. The molecule has 21 heavy (non-hydrogen) atoms. The third-order valence-electron chi connectivity index (χ3n) is 2.86. The Morgan fingerprint density at radius 1 is 0.905 bits per heavy atom. The predicted molar refractivity (Wildman–Crippen MR) is 84.5 cm³/mol. The maximum absolute atomic E-state index is 9.78. The minimum Gasteiger partial charge on any atom is -0.397 e. The number of aliphatic hydroxyl groups excluding tert-OH is 1. The molecule has 0 fully saturated rings. The van der Waals surface area contributed by atoms with Crippen LogP contribution in [0.5, 0.6) is 0 Å². The summed E-state index contributed by atoms with van der Waals surface area (Å²) in [6, 6.07) is 27.6. The van der Waals surface area contributed by atoms with Crippen LogP contribution in [0.1, 0.15) is 17.2 Å². The molecule has 0 heterocycles. The number of hydrogen-bond donors (Lipinski definition) is 1. The van der Waals surface area contributed by atoms with Crippen molar-refractivity contribution in [3.05, 3.63) is 102 Å². The van der Waals surface area contributed by atoms with Crippen LogP contribution in [0.2, 0.25) is 0 Å². The molecule has 108 valence electrons. The summed E-state index contributed by atoms with van der Waals surface area (Å²) in [7, 11) is 0. The van der Waals surface area contributed by atoms with Gasteiger partial charge in [0.25, 0.3) is 0 Å². The first-order valence-corrected chi connectivity index (χ1v) is 6.66. The van der Waals surface area contributed by atoms with Crippen molar-refractivity contribution in [2.45, 2.75) is 6.10 Å². The molecule has 3 aromatic rings. The maximum Gasteiger partial charge on any atom is 2.00 e. The zero-order chi connectivity index (χ0) is 14.0. The van der Waals surface area contributed by atoms with E-state index in [4.69, 9.17) is 0 Å². The molecule has 1 N–H and O–H groups in total. The van der Waals surface area contributed by atoms with Gasteiger partial charge in [-0.05, 0) is 5.56 Å². The Morgan fingerprint density at radius 3 is 2.05 bits per heavy atom. The SMILES string of the molecule is OC(C=Cc1ccccc1)[c-]1cccc1.[Fe+2].c1cc[cH-]c1. The van der Waals surface area contributed by atoms with E-state index in [0.29, 0.717) is 0 Å². The second-order valence-electron chi connectivity index (χ2n) is 4.40. The van der Waals surface area contributed by atoms with E-state index >= 15 is 0 Å². The van der Waals surface area contributed by atoms with Crippen molar-refractivity contribution in [2.75, 3.05) is 0 Å². The molecule has 0 bridgehead atoms. The Morgan fingerprint density at radius 2 is 1.52 bits per heavy atom. The summed E-state index contributed by atoms with van der Waals surface area (Å²) in [6.45, 7) is 0. The van der Waals surface area contributed by atoms with Crippen LogP contribution < -0.4 is 0 Å². The second-order valence-corrected chi connectivity index (χ2v) is 4.40. The predicted octanol–water partition coefficient (Wildman–Crippen LogP) is 4.56. The van der Waals surface area contributed by atoms with Gasteiger partial charge in [0.15, 0.2) is 0 Å². The van der Waals surface area contributed by atoms with E-state index in [1.165, 1.54) is 0 Å². The Balaban J connectivity index is 0.000000313. The summed E-state index contributed by atoms with van der Waals surface area (Å²) >= 11 is 0. The molecule has 0 saturated carbocycles. The van der Waals surface area contributed by atoms with Crippen LogP contribution >= 0.6 is 0 Å². The van der Waals surface area contributed by atoms with Crippen LogP contribution in [0.4, 0.5) is 0 Å². The molecule has 0 saturated heterocycles. The van der Waals surface area contributed by atoms with Gasteiger partial charge in [0.1, 0.15) is 0 Å². The molecular weight excluding hydrogens is 300 g/mol. The van der Waals surface area contributed by atoms with Crippen molar-refractivity contribution in [1.29, 1.82) is 0 Å². The quantitative estimate of drug-likeness (QED) is 0.555. The number of benzene rings is 1. The Bertz CT molecular complexity index is 563. The summed E-state index contributed by atoms with van der Waals surface area (Å²) in [5.74, 6) is 0. The minimum absolute atomic E-state index is 0. The fraction of sp³-hybridized carbons (Fsp3) is 0.0526. The van der Waals surface area contributed by atoms with Gasteiger partial charge in [0.2, 0.25) is 0 Å².